The fraction of sp³-hybridized carbons (Fsp3) is 0. The van der Waals surface area contributed by atoms with Crippen LogP contribution in [-0.2, 0) is 0 Å². The summed E-state index contributed by atoms with van der Waals surface area (Å²) in [6.07, 6.45) is 0. The number of hydrogen-bond donors (Lipinski definition) is 0. The van der Waals surface area contributed by atoms with E-state index in [1.54, 1.807) is 0 Å². The predicted octanol–water partition coefficient (Wildman–Crippen LogP) is 14.5. The van der Waals surface area contributed by atoms with E-state index in [0.29, 0.717) is 0 Å². The number of rotatable bonds is 4. The van der Waals surface area contributed by atoms with E-state index in [0.717, 1.165) is 5.69 Å². The third-order valence-electron chi connectivity index (χ3n) is 11.5. The van der Waals surface area contributed by atoms with Crippen LogP contribution in [0.2, 0.25) is 0 Å². The Bertz CT molecular complexity index is 3330. The minimum Gasteiger partial charge on any atom is -0.309 e. The second-order valence-electron chi connectivity index (χ2n) is 14.5. The molecule has 0 aliphatic carbocycles. The van der Waals surface area contributed by atoms with Crippen molar-refractivity contribution >= 4 is 66.1 Å². The number of fused-ring (bicyclic) bond motifs is 9. The number of nitrogens with zero attached hydrogens (tertiary/aromatic N) is 2. The molecule has 3 heteroatoms. The molecule has 0 spiro atoms. The highest BCUT2D eigenvalue weighted by Crippen LogP contribution is 2.51. The van der Waals surface area contributed by atoms with Gasteiger partial charge in [0.15, 0.2) is 0 Å². The molecular formula is C52H32N2S. The van der Waals surface area contributed by atoms with E-state index in [1.807, 2.05) is 11.8 Å². The molecule has 256 valence electrons. The Hall–Kier alpha value is -6.81. The fourth-order valence-electron chi connectivity index (χ4n) is 9.07. The minimum atomic E-state index is 1.15. The van der Waals surface area contributed by atoms with E-state index in [4.69, 9.17) is 0 Å². The average Bonchev–Trinajstić information content (AvgIpc) is 3.76. The van der Waals surface area contributed by atoms with E-state index >= 15 is 0 Å². The van der Waals surface area contributed by atoms with Crippen molar-refractivity contribution < 1.29 is 0 Å². The van der Waals surface area contributed by atoms with Crippen LogP contribution in [0.5, 0.6) is 0 Å². The molecule has 1 aliphatic rings. The Morgan fingerprint density at radius 3 is 1.82 bits per heavy atom. The lowest BCUT2D eigenvalue weighted by atomic mass is 9.94. The lowest BCUT2D eigenvalue weighted by Crippen LogP contribution is -1.96. The van der Waals surface area contributed by atoms with Gasteiger partial charge in [-0.15, -0.1) is 0 Å². The summed E-state index contributed by atoms with van der Waals surface area (Å²) in [5, 5.41) is 7.73. The number of para-hydroxylation sites is 2. The van der Waals surface area contributed by atoms with Crippen LogP contribution in [0.4, 0.5) is 0 Å². The zero-order chi connectivity index (χ0) is 36.0. The van der Waals surface area contributed by atoms with E-state index in [-0.39, 0.29) is 0 Å². The van der Waals surface area contributed by atoms with Gasteiger partial charge in [-0.2, -0.15) is 0 Å². The molecule has 0 unspecified atom stereocenters. The SMILES string of the molecule is c1ccc(-c2ccc3c4ccccc4n(-c4cccc(-c5ccc6c(c5)c5c7cccc8c7c(cc5n6-c5ccccc5)Sc5ccccc5-8)c4)c3c2)cc1. The van der Waals surface area contributed by atoms with Crippen molar-refractivity contribution in [3.8, 4) is 44.8 Å². The fourth-order valence-corrected chi connectivity index (χ4v) is 10.2. The topological polar surface area (TPSA) is 9.86 Å². The molecule has 0 fully saturated rings. The van der Waals surface area contributed by atoms with Crippen LogP contribution in [0.3, 0.4) is 0 Å². The summed E-state index contributed by atoms with van der Waals surface area (Å²) in [5.74, 6) is 0. The van der Waals surface area contributed by atoms with Crippen molar-refractivity contribution in [1.29, 1.82) is 0 Å². The van der Waals surface area contributed by atoms with Crippen molar-refractivity contribution in [1.82, 2.24) is 9.13 Å². The van der Waals surface area contributed by atoms with Crippen LogP contribution in [0, 0.1) is 0 Å². The lowest BCUT2D eigenvalue weighted by Gasteiger charge is -2.21. The third kappa shape index (κ3) is 4.57. The smallest absolute Gasteiger partial charge is 0.0558 e. The Kier molecular flexibility index (Phi) is 6.60. The molecule has 0 saturated heterocycles. The first-order chi connectivity index (χ1) is 27.3. The van der Waals surface area contributed by atoms with Crippen LogP contribution >= 0.6 is 11.8 Å². The molecule has 12 rings (SSSR count). The minimum absolute atomic E-state index is 1.15. The molecule has 1 aliphatic heterocycles. The van der Waals surface area contributed by atoms with Gasteiger partial charge in [0.1, 0.15) is 0 Å². The summed E-state index contributed by atoms with van der Waals surface area (Å²) >= 11 is 1.89. The first kappa shape index (κ1) is 30.6. The molecule has 9 aromatic carbocycles. The van der Waals surface area contributed by atoms with E-state index in [1.165, 1.54) is 103 Å². The Labute approximate surface area is 322 Å². The first-order valence-electron chi connectivity index (χ1n) is 18.8. The molecule has 0 saturated carbocycles. The van der Waals surface area contributed by atoms with Gasteiger partial charge in [0.25, 0.3) is 0 Å². The highest BCUT2D eigenvalue weighted by atomic mass is 32.2. The maximum Gasteiger partial charge on any atom is 0.0558 e. The summed E-state index contributed by atoms with van der Waals surface area (Å²) in [4.78, 5) is 2.62. The van der Waals surface area contributed by atoms with Crippen LogP contribution in [0.1, 0.15) is 0 Å². The summed E-state index contributed by atoms with van der Waals surface area (Å²) in [7, 11) is 0. The zero-order valence-corrected chi connectivity index (χ0v) is 30.6. The normalized spacial score (nSPS) is 12.3. The molecule has 3 heterocycles. The molecule has 0 atom stereocenters. The Morgan fingerprint density at radius 1 is 0.291 bits per heavy atom. The molecule has 0 radical (unpaired) electrons. The summed E-state index contributed by atoms with van der Waals surface area (Å²) in [6.45, 7) is 0. The molecule has 0 amide bonds. The first-order valence-corrected chi connectivity index (χ1v) is 19.7. The molecular weight excluding hydrogens is 685 g/mol. The van der Waals surface area contributed by atoms with Crippen molar-refractivity contribution in [3.05, 3.63) is 194 Å². The molecule has 0 N–H and O–H groups in total. The predicted molar refractivity (Wildman–Crippen MR) is 233 cm³/mol. The van der Waals surface area contributed by atoms with Gasteiger partial charge in [-0.05, 0) is 99.4 Å². The molecule has 2 aromatic heterocycles. The van der Waals surface area contributed by atoms with Crippen molar-refractivity contribution in [2.45, 2.75) is 9.79 Å². The van der Waals surface area contributed by atoms with Crippen molar-refractivity contribution in [3.63, 3.8) is 0 Å². The molecule has 2 nitrogen and oxygen atoms in total. The summed E-state index contributed by atoms with van der Waals surface area (Å²) in [5.41, 5.74) is 14.6. The van der Waals surface area contributed by atoms with Crippen LogP contribution in [0.15, 0.2) is 204 Å². The van der Waals surface area contributed by atoms with Crippen LogP contribution in [-0.4, -0.2) is 9.13 Å². The molecule has 0 bridgehead atoms. The van der Waals surface area contributed by atoms with Gasteiger partial charge in [-0.3, -0.25) is 0 Å². The Balaban J connectivity index is 1.10. The van der Waals surface area contributed by atoms with Crippen LogP contribution in [0.25, 0.3) is 99.1 Å². The maximum absolute atomic E-state index is 2.46. The van der Waals surface area contributed by atoms with Gasteiger partial charge in [-0.25, -0.2) is 0 Å². The second kappa shape index (κ2) is 11.8. The standard InChI is InChI=1S/C52H32N2S/c1-3-13-33(14-4-1)36-25-27-40-39-19-7-9-23-45(39)54(47(40)31-36)38-18-11-15-34(29-38)35-26-28-46-44(30-35)51-43-22-12-21-42-41-20-8-10-24-49(41)55-50(52(42)43)32-48(51)53(46)37-16-5-2-6-17-37/h1-32H. The second-order valence-corrected chi connectivity index (χ2v) is 15.6. The van der Waals surface area contributed by atoms with E-state index < -0.39 is 0 Å². The van der Waals surface area contributed by atoms with Crippen LogP contribution < -0.4 is 0 Å². The largest absolute Gasteiger partial charge is 0.309 e. The quantitative estimate of drug-likeness (QED) is 0.176. The van der Waals surface area contributed by atoms with Gasteiger partial charge in [0, 0.05) is 48.1 Å². The van der Waals surface area contributed by atoms with E-state index in [2.05, 4.69) is 203 Å². The Morgan fingerprint density at radius 2 is 0.909 bits per heavy atom. The lowest BCUT2D eigenvalue weighted by molar-refractivity contribution is 1.18. The van der Waals surface area contributed by atoms with Gasteiger partial charge in [-0.1, -0.05) is 145 Å². The maximum atomic E-state index is 2.46. The van der Waals surface area contributed by atoms with Gasteiger partial charge in [0.2, 0.25) is 0 Å². The van der Waals surface area contributed by atoms with E-state index in [9.17, 15) is 0 Å². The molecule has 11 aromatic rings. The zero-order valence-electron chi connectivity index (χ0n) is 29.8. The monoisotopic (exact) mass is 716 g/mol. The van der Waals surface area contributed by atoms with Crippen molar-refractivity contribution in [2.75, 3.05) is 0 Å². The van der Waals surface area contributed by atoms with Gasteiger partial charge >= 0.3 is 0 Å². The van der Waals surface area contributed by atoms with Crippen molar-refractivity contribution in [2.24, 2.45) is 0 Å². The average molecular weight is 717 g/mol. The summed E-state index contributed by atoms with van der Waals surface area (Å²) < 4.78 is 4.89. The summed E-state index contributed by atoms with van der Waals surface area (Å²) in [6, 6.07) is 71.4. The van der Waals surface area contributed by atoms with Gasteiger partial charge < -0.3 is 9.13 Å². The number of benzene rings is 9. The molecule has 55 heavy (non-hydrogen) atoms. The third-order valence-corrected chi connectivity index (χ3v) is 12.6. The highest BCUT2D eigenvalue weighted by Gasteiger charge is 2.24. The van der Waals surface area contributed by atoms with Gasteiger partial charge in [0.05, 0.1) is 22.1 Å². The number of hydrogen-bond acceptors (Lipinski definition) is 1. The number of aromatic nitrogens is 2. The highest BCUT2D eigenvalue weighted by molar-refractivity contribution is 7.99.